The molecular formula is C24H28F2N4O3. The molecule has 9 heteroatoms. The summed E-state index contributed by atoms with van der Waals surface area (Å²) in [5, 5.41) is 7.79. The zero-order valence-corrected chi connectivity index (χ0v) is 19.1. The number of halogens is 2. The van der Waals surface area contributed by atoms with E-state index in [1.807, 2.05) is 19.0 Å². The number of nitrogens with one attached hydrogen (secondary N) is 1. The van der Waals surface area contributed by atoms with Crippen molar-refractivity contribution in [2.24, 2.45) is 5.92 Å². The van der Waals surface area contributed by atoms with Crippen molar-refractivity contribution in [2.75, 3.05) is 20.6 Å². The number of ether oxygens (including phenoxy) is 1. The van der Waals surface area contributed by atoms with Crippen LogP contribution in [0.1, 0.15) is 30.6 Å². The maximum absolute atomic E-state index is 14.2. The third-order valence-corrected chi connectivity index (χ3v) is 5.01. The molecule has 1 atom stereocenters. The molecule has 0 fully saturated rings. The molecule has 3 rings (SSSR count). The van der Waals surface area contributed by atoms with Crippen LogP contribution in [0, 0.1) is 17.6 Å². The van der Waals surface area contributed by atoms with Gasteiger partial charge in [-0.25, -0.2) is 8.78 Å². The summed E-state index contributed by atoms with van der Waals surface area (Å²) in [6, 6.07) is 5.44. The normalized spacial score (nSPS) is 12.4. The molecule has 0 radical (unpaired) electrons. The van der Waals surface area contributed by atoms with Crippen molar-refractivity contribution in [1.29, 1.82) is 0 Å². The van der Waals surface area contributed by atoms with Crippen LogP contribution < -0.4 is 10.1 Å². The summed E-state index contributed by atoms with van der Waals surface area (Å²) in [5.74, 6) is -2.00. The first kappa shape index (κ1) is 24.3. The third kappa shape index (κ3) is 6.13. The van der Waals surface area contributed by atoms with Crippen molar-refractivity contribution in [2.45, 2.75) is 32.9 Å². The molecule has 0 aliphatic heterocycles. The molecule has 1 aromatic heterocycles. The van der Waals surface area contributed by atoms with E-state index in [-0.39, 0.29) is 17.1 Å². The molecule has 1 N–H and O–H groups in total. The second kappa shape index (κ2) is 10.5. The van der Waals surface area contributed by atoms with Gasteiger partial charge in [0.25, 0.3) is 5.91 Å². The number of hydrogen-bond acceptors (Lipinski definition) is 5. The second-order valence-electron chi connectivity index (χ2n) is 8.61. The summed E-state index contributed by atoms with van der Waals surface area (Å²) in [6.45, 7) is 5.34. The highest BCUT2D eigenvalue weighted by atomic mass is 19.1. The molecule has 0 saturated heterocycles. The van der Waals surface area contributed by atoms with Gasteiger partial charge < -0.3 is 19.7 Å². The first-order valence-corrected chi connectivity index (χ1v) is 10.7. The fraction of sp³-hybridized carbons (Fsp3) is 0.375. The quantitative estimate of drug-likeness (QED) is 0.465. The van der Waals surface area contributed by atoms with Gasteiger partial charge in [-0.2, -0.15) is 5.10 Å². The maximum Gasteiger partial charge on any atom is 0.255 e. The second-order valence-corrected chi connectivity index (χ2v) is 8.61. The Morgan fingerprint density at radius 3 is 2.61 bits per heavy atom. The highest BCUT2D eigenvalue weighted by Crippen LogP contribution is 2.32. The van der Waals surface area contributed by atoms with E-state index in [1.165, 1.54) is 0 Å². The van der Waals surface area contributed by atoms with Gasteiger partial charge in [-0.3, -0.25) is 9.48 Å². The first-order chi connectivity index (χ1) is 15.7. The molecule has 0 unspecified atom stereocenters. The Morgan fingerprint density at radius 1 is 1.21 bits per heavy atom. The number of fused-ring (bicyclic) bond motifs is 1. The molecule has 0 aliphatic rings. The number of rotatable bonds is 10. The Labute approximate surface area is 191 Å². The smallest absolute Gasteiger partial charge is 0.255 e. The van der Waals surface area contributed by atoms with Crippen molar-refractivity contribution in [1.82, 2.24) is 20.0 Å². The van der Waals surface area contributed by atoms with Crippen molar-refractivity contribution in [3.05, 3.63) is 53.7 Å². The Morgan fingerprint density at radius 2 is 1.97 bits per heavy atom. The predicted molar refractivity (Wildman–Crippen MR) is 121 cm³/mol. The topological polar surface area (TPSA) is 76.5 Å². The summed E-state index contributed by atoms with van der Waals surface area (Å²) in [7, 11) is 3.74. The van der Waals surface area contributed by atoms with E-state index in [1.54, 1.807) is 23.0 Å². The van der Waals surface area contributed by atoms with Crippen LogP contribution in [0.5, 0.6) is 11.5 Å². The van der Waals surface area contributed by atoms with E-state index in [4.69, 9.17) is 4.74 Å². The minimum absolute atomic E-state index is 0.0758. The van der Waals surface area contributed by atoms with E-state index >= 15 is 0 Å². The number of benzene rings is 2. The van der Waals surface area contributed by atoms with Crippen molar-refractivity contribution in [3.8, 4) is 11.5 Å². The number of aromatic nitrogens is 2. The highest BCUT2D eigenvalue weighted by molar-refractivity contribution is 6.02. The third-order valence-electron chi connectivity index (χ3n) is 5.01. The largest absolute Gasteiger partial charge is 0.453 e. The number of amides is 1. The van der Waals surface area contributed by atoms with Crippen LogP contribution in [0.25, 0.3) is 10.9 Å². The maximum atomic E-state index is 14.2. The lowest BCUT2D eigenvalue weighted by Gasteiger charge is -2.18. The molecule has 0 bridgehead atoms. The Bertz CT molecular complexity index is 1140. The van der Waals surface area contributed by atoms with Crippen LogP contribution in [0.15, 0.2) is 36.5 Å². The summed E-state index contributed by atoms with van der Waals surface area (Å²) in [5.41, 5.74) is 0.824. The molecule has 2 aromatic carbocycles. The molecule has 176 valence electrons. The molecule has 0 aliphatic carbocycles. The van der Waals surface area contributed by atoms with Crippen molar-refractivity contribution >= 4 is 23.1 Å². The van der Waals surface area contributed by atoms with Gasteiger partial charge in [-0.05, 0) is 57.2 Å². The summed E-state index contributed by atoms with van der Waals surface area (Å²) >= 11 is 0. The van der Waals surface area contributed by atoms with Gasteiger partial charge in [0, 0.05) is 18.0 Å². The number of carbonyl (C=O) groups excluding carboxylic acids is 2. The van der Waals surface area contributed by atoms with Crippen LogP contribution in [0.2, 0.25) is 0 Å². The molecule has 0 saturated carbocycles. The SMILES string of the molecule is CC(C)Cn1ncc2cc(Oc3ccc(F)cc3F)c(C(=O)N[C@H](C=O)CCN(C)C)cc21. The Hall–Kier alpha value is -3.33. The standard InChI is InChI=1S/C24H28F2N4O3/c1-15(2)13-30-21-11-19(24(32)28-18(14-31)7-8-29(3)4)23(9-16(21)12-27-30)33-22-6-5-17(25)10-20(22)26/h5-6,9-12,14-15,18H,7-8,13H2,1-4H3,(H,28,32)/t18-/m0/s1. The van der Waals surface area contributed by atoms with Gasteiger partial charge in [0.2, 0.25) is 0 Å². The summed E-state index contributed by atoms with van der Waals surface area (Å²) in [6.07, 6.45) is 2.75. The monoisotopic (exact) mass is 458 g/mol. The minimum atomic E-state index is -0.895. The van der Waals surface area contributed by atoms with E-state index in [9.17, 15) is 18.4 Å². The minimum Gasteiger partial charge on any atom is -0.453 e. The van der Waals surface area contributed by atoms with Gasteiger partial charge in [0.05, 0.1) is 23.3 Å². The van der Waals surface area contributed by atoms with Crippen LogP contribution in [-0.2, 0) is 11.3 Å². The van der Waals surface area contributed by atoms with Gasteiger partial charge in [0.15, 0.2) is 11.6 Å². The van der Waals surface area contributed by atoms with Crippen LogP contribution in [0.4, 0.5) is 8.78 Å². The summed E-state index contributed by atoms with van der Waals surface area (Å²) in [4.78, 5) is 26.6. The fourth-order valence-corrected chi connectivity index (χ4v) is 3.35. The van der Waals surface area contributed by atoms with Crippen LogP contribution >= 0.6 is 0 Å². The highest BCUT2D eigenvalue weighted by Gasteiger charge is 2.21. The van der Waals surface area contributed by atoms with Gasteiger partial charge >= 0.3 is 0 Å². The van der Waals surface area contributed by atoms with Crippen LogP contribution in [0.3, 0.4) is 0 Å². The Kier molecular flexibility index (Phi) is 7.75. The number of hydrogen-bond donors (Lipinski definition) is 1. The first-order valence-electron chi connectivity index (χ1n) is 10.7. The van der Waals surface area contributed by atoms with E-state index < -0.39 is 23.6 Å². The molecule has 33 heavy (non-hydrogen) atoms. The van der Waals surface area contributed by atoms with Gasteiger partial charge in [0.1, 0.15) is 17.9 Å². The zero-order valence-electron chi connectivity index (χ0n) is 19.1. The molecular weight excluding hydrogens is 430 g/mol. The molecule has 0 spiro atoms. The van der Waals surface area contributed by atoms with E-state index in [2.05, 4.69) is 24.3 Å². The number of carbonyl (C=O) groups is 2. The fourth-order valence-electron chi connectivity index (χ4n) is 3.35. The molecule has 1 amide bonds. The molecule has 7 nitrogen and oxygen atoms in total. The predicted octanol–water partition coefficient (Wildman–Crippen LogP) is 4.01. The zero-order chi connectivity index (χ0) is 24.1. The molecule has 3 aromatic rings. The van der Waals surface area contributed by atoms with Crippen molar-refractivity contribution < 1.29 is 23.1 Å². The molecule has 1 heterocycles. The summed E-state index contributed by atoms with van der Waals surface area (Å²) < 4.78 is 35.0. The lowest BCUT2D eigenvalue weighted by molar-refractivity contribution is -0.109. The van der Waals surface area contributed by atoms with Gasteiger partial charge in [-0.15, -0.1) is 0 Å². The van der Waals surface area contributed by atoms with Crippen molar-refractivity contribution in [3.63, 3.8) is 0 Å². The number of aldehydes is 1. The lowest BCUT2D eigenvalue weighted by atomic mass is 10.1. The average molecular weight is 459 g/mol. The van der Waals surface area contributed by atoms with Crippen LogP contribution in [-0.4, -0.2) is 53.6 Å². The average Bonchev–Trinajstić information content (AvgIpc) is 3.13. The Balaban J connectivity index is 2.01. The van der Waals surface area contributed by atoms with E-state index in [0.717, 1.165) is 12.1 Å². The lowest BCUT2D eigenvalue weighted by Crippen LogP contribution is -2.38. The van der Waals surface area contributed by atoms with E-state index in [0.29, 0.717) is 48.7 Å². The van der Waals surface area contributed by atoms with Gasteiger partial charge in [-0.1, -0.05) is 13.8 Å². The number of nitrogens with zero attached hydrogens (tertiary/aromatic N) is 3.